The number of hydrogen-bond donors (Lipinski definition) is 1. The normalized spacial score (nSPS) is 22.2. The first-order valence-corrected chi connectivity index (χ1v) is 12.0. The molecule has 9 nitrogen and oxygen atoms in total. The Morgan fingerprint density at radius 3 is 2.44 bits per heavy atom. The summed E-state index contributed by atoms with van der Waals surface area (Å²) in [6.45, 7) is 11.6. The smallest absolute Gasteiger partial charge is 0.410 e. The summed E-state index contributed by atoms with van der Waals surface area (Å²) >= 11 is 0. The molecule has 5 heterocycles. The van der Waals surface area contributed by atoms with Crippen molar-refractivity contribution in [2.75, 3.05) is 55.6 Å². The van der Waals surface area contributed by atoms with Crippen LogP contribution in [0, 0.1) is 0 Å². The first kappa shape index (κ1) is 21.3. The Hall–Kier alpha value is -2.55. The van der Waals surface area contributed by atoms with Crippen molar-refractivity contribution in [3.8, 4) is 0 Å². The van der Waals surface area contributed by atoms with Gasteiger partial charge < -0.3 is 24.8 Å². The number of carbonyl (C=O) groups is 1. The average molecular weight is 442 g/mol. The zero-order chi connectivity index (χ0) is 22.3. The van der Waals surface area contributed by atoms with Crippen molar-refractivity contribution in [3.05, 3.63) is 17.8 Å². The van der Waals surface area contributed by atoms with Gasteiger partial charge in [0.2, 0.25) is 0 Å². The van der Waals surface area contributed by atoms with Gasteiger partial charge in [0.25, 0.3) is 0 Å². The number of fused-ring (bicyclic) bond motifs is 1. The number of nitrogens with one attached hydrogen (secondary N) is 1. The van der Waals surface area contributed by atoms with Crippen molar-refractivity contribution in [2.45, 2.75) is 58.1 Å². The molecule has 1 N–H and O–H groups in total. The molecule has 32 heavy (non-hydrogen) atoms. The highest BCUT2D eigenvalue weighted by Crippen LogP contribution is 2.29. The molecule has 0 aromatic carbocycles. The maximum absolute atomic E-state index is 12.5. The van der Waals surface area contributed by atoms with Crippen molar-refractivity contribution in [2.24, 2.45) is 0 Å². The second-order valence-electron chi connectivity index (χ2n) is 10.1. The fourth-order valence-electron chi connectivity index (χ4n) is 4.62. The predicted octanol–water partition coefficient (Wildman–Crippen LogP) is 2.81. The number of amides is 1. The summed E-state index contributed by atoms with van der Waals surface area (Å²) in [5.41, 5.74) is 1.50. The van der Waals surface area contributed by atoms with E-state index in [9.17, 15) is 4.79 Å². The molecule has 3 saturated heterocycles. The van der Waals surface area contributed by atoms with Gasteiger partial charge >= 0.3 is 6.09 Å². The molecule has 1 unspecified atom stereocenters. The van der Waals surface area contributed by atoms with E-state index in [1.54, 1.807) is 4.90 Å². The maximum Gasteiger partial charge on any atom is 0.410 e. The molecule has 1 atom stereocenters. The molecule has 0 bridgehead atoms. The SMILES string of the molecule is CC(C)(C)OC(=O)N1CCN(c2cc(N3CCC3)nc3cc(C4CCCCN4)nn23)CC1. The number of piperidine rings is 1. The van der Waals surface area contributed by atoms with Gasteiger partial charge in [-0.15, -0.1) is 0 Å². The van der Waals surface area contributed by atoms with Gasteiger partial charge in [-0.1, -0.05) is 6.42 Å². The average Bonchev–Trinajstić information content (AvgIpc) is 3.16. The molecule has 3 aliphatic rings. The highest BCUT2D eigenvalue weighted by atomic mass is 16.6. The fraction of sp³-hybridized carbons (Fsp3) is 0.696. The number of aromatic nitrogens is 3. The summed E-state index contributed by atoms with van der Waals surface area (Å²) in [5.74, 6) is 2.08. The van der Waals surface area contributed by atoms with Crippen LogP contribution in [0.1, 0.15) is 58.2 Å². The standard InChI is InChI=1S/C23H35N7O2/c1-23(2,3)32-22(31)29-13-11-28(12-14-29)21-16-19(27-9-6-10-27)25-20-15-18(26-30(20)21)17-7-4-5-8-24-17/h15-17,24H,4-14H2,1-3H3. The highest BCUT2D eigenvalue weighted by Gasteiger charge is 2.29. The summed E-state index contributed by atoms with van der Waals surface area (Å²) in [5, 5.41) is 8.59. The van der Waals surface area contributed by atoms with E-state index in [0.717, 1.165) is 62.1 Å². The van der Waals surface area contributed by atoms with E-state index in [2.05, 4.69) is 27.2 Å². The van der Waals surface area contributed by atoms with Crippen LogP contribution >= 0.6 is 0 Å². The first-order chi connectivity index (χ1) is 15.4. The molecule has 3 fully saturated rings. The van der Waals surface area contributed by atoms with Crippen LogP contribution in [0.25, 0.3) is 5.65 Å². The second-order valence-corrected chi connectivity index (χ2v) is 10.1. The van der Waals surface area contributed by atoms with Crippen molar-refractivity contribution < 1.29 is 9.53 Å². The summed E-state index contributed by atoms with van der Waals surface area (Å²) in [6.07, 6.45) is 4.56. The topological polar surface area (TPSA) is 78.2 Å². The summed E-state index contributed by atoms with van der Waals surface area (Å²) in [4.78, 5) is 23.9. The number of carbonyl (C=O) groups excluding carboxylic acids is 1. The summed E-state index contributed by atoms with van der Waals surface area (Å²) in [6, 6.07) is 4.61. The largest absolute Gasteiger partial charge is 0.444 e. The molecule has 0 radical (unpaired) electrons. The van der Waals surface area contributed by atoms with Crippen LogP contribution in [0.3, 0.4) is 0 Å². The van der Waals surface area contributed by atoms with Crippen molar-refractivity contribution in [3.63, 3.8) is 0 Å². The Morgan fingerprint density at radius 2 is 1.81 bits per heavy atom. The first-order valence-electron chi connectivity index (χ1n) is 12.0. The lowest BCUT2D eigenvalue weighted by Crippen LogP contribution is -2.50. The molecular formula is C23H35N7O2. The minimum Gasteiger partial charge on any atom is -0.444 e. The molecular weight excluding hydrogens is 406 g/mol. The van der Waals surface area contributed by atoms with Crippen LogP contribution in [0.5, 0.6) is 0 Å². The molecule has 1 amide bonds. The number of rotatable bonds is 3. The monoisotopic (exact) mass is 441 g/mol. The Morgan fingerprint density at radius 1 is 1.03 bits per heavy atom. The summed E-state index contributed by atoms with van der Waals surface area (Å²) < 4.78 is 7.56. The van der Waals surface area contributed by atoms with Crippen LogP contribution in [-0.4, -0.2) is 77.0 Å². The number of ether oxygens (including phenoxy) is 1. The van der Waals surface area contributed by atoms with E-state index >= 15 is 0 Å². The van der Waals surface area contributed by atoms with E-state index in [1.165, 1.54) is 19.3 Å². The van der Waals surface area contributed by atoms with Gasteiger partial charge in [-0.2, -0.15) is 9.61 Å². The lowest BCUT2D eigenvalue weighted by Gasteiger charge is -2.37. The zero-order valence-corrected chi connectivity index (χ0v) is 19.5. The van der Waals surface area contributed by atoms with Gasteiger partial charge in [-0.25, -0.2) is 9.78 Å². The van der Waals surface area contributed by atoms with Crippen molar-refractivity contribution in [1.29, 1.82) is 0 Å². The van der Waals surface area contributed by atoms with Crippen LogP contribution in [0.4, 0.5) is 16.4 Å². The molecule has 174 valence electrons. The minimum absolute atomic E-state index is 0.233. The third-order valence-corrected chi connectivity index (χ3v) is 6.52. The van der Waals surface area contributed by atoms with Crippen LogP contribution < -0.4 is 15.1 Å². The van der Waals surface area contributed by atoms with E-state index in [1.807, 2.05) is 25.3 Å². The van der Waals surface area contributed by atoms with Gasteiger partial charge in [0.1, 0.15) is 17.2 Å². The van der Waals surface area contributed by atoms with E-state index in [0.29, 0.717) is 19.1 Å². The van der Waals surface area contributed by atoms with E-state index in [4.69, 9.17) is 14.8 Å². The van der Waals surface area contributed by atoms with E-state index < -0.39 is 5.60 Å². The highest BCUT2D eigenvalue weighted by molar-refractivity contribution is 5.69. The van der Waals surface area contributed by atoms with Gasteiger partial charge in [-0.3, -0.25) is 0 Å². The number of nitrogens with zero attached hydrogens (tertiary/aromatic N) is 6. The third kappa shape index (κ3) is 4.35. The van der Waals surface area contributed by atoms with Crippen LogP contribution in [-0.2, 0) is 4.74 Å². The van der Waals surface area contributed by atoms with Gasteiger partial charge in [0.05, 0.1) is 11.7 Å². The van der Waals surface area contributed by atoms with Gasteiger partial charge in [0.15, 0.2) is 5.65 Å². The van der Waals surface area contributed by atoms with Gasteiger partial charge in [0, 0.05) is 51.4 Å². The maximum atomic E-state index is 12.5. The molecule has 2 aromatic rings. The molecule has 3 aliphatic heterocycles. The van der Waals surface area contributed by atoms with Crippen molar-refractivity contribution >= 4 is 23.4 Å². The lowest BCUT2D eigenvalue weighted by molar-refractivity contribution is 0.0240. The fourth-order valence-corrected chi connectivity index (χ4v) is 4.62. The summed E-state index contributed by atoms with van der Waals surface area (Å²) in [7, 11) is 0. The van der Waals surface area contributed by atoms with Crippen LogP contribution in [0.15, 0.2) is 12.1 Å². The number of hydrogen-bond acceptors (Lipinski definition) is 7. The minimum atomic E-state index is -0.476. The molecule has 9 heteroatoms. The van der Waals surface area contributed by atoms with Crippen LogP contribution in [0.2, 0.25) is 0 Å². The molecule has 5 rings (SSSR count). The quantitative estimate of drug-likeness (QED) is 0.785. The Bertz CT molecular complexity index is 965. The lowest BCUT2D eigenvalue weighted by atomic mass is 10.0. The Kier molecular flexibility index (Phi) is 5.61. The second kappa shape index (κ2) is 8.42. The zero-order valence-electron chi connectivity index (χ0n) is 19.5. The molecule has 0 saturated carbocycles. The molecule has 2 aromatic heterocycles. The number of anilines is 2. The van der Waals surface area contributed by atoms with Crippen molar-refractivity contribution in [1.82, 2.24) is 24.8 Å². The number of piperazine rings is 1. The van der Waals surface area contributed by atoms with E-state index in [-0.39, 0.29) is 6.09 Å². The van der Waals surface area contributed by atoms with Gasteiger partial charge in [-0.05, 0) is 46.6 Å². The Labute approximate surface area is 189 Å². The Balaban J connectivity index is 1.39. The molecule has 0 aliphatic carbocycles. The molecule has 0 spiro atoms. The third-order valence-electron chi connectivity index (χ3n) is 6.52. The predicted molar refractivity (Wildman–Crippen MR) is 124 cm³/mol.